The first-order valence-electron chi connectivity index (χ1n) is 10.6. The Bertz CT molecular complexity index is 1100. The van der Waals surface area contributed by atoms with E-state index in [9.17, 15) is 9.59 Å². The maximum Gasteiger partial charge on any atom is 0.341 e. The number of rotatable bonds is 6. The largest absolute Gasteiger partial charge is 0.462 e. The molecule has 31 heavy (non-hydrogen) atoms. The zero-order valence-electron chi connectivity index (χ0n) is 18.0. The van der Waals surface area contributed by atoms with Gasteiger partial charge in [0.2, 0.25) is 0 Å². The van der Waals surface area contributed by atoms with Crippen LogP contribution in [0.3, 0.4) is 0 Å². The Hall–Kier alpha value is -2.93. The van der Waals surface area contributed by atoms with Gasteiger partial charge in [-0.25, -0.2) is 4.79 Å². The van der Waals surface area contributed by atoms with E-state index in [4.69, 9.17) is 9.26 Å². The standard InChI is InChI=1S/C24H26N2O4S/c1-4-12-29-24(28)20-17-11-10-14(2)13-18(17)31-23(20)25-22(27)19-15(3)30-26-21(19)16-8-6-5-7-9-16/h5-9,14H,4,10-13H2,1-3H3,(H,25,27)/t14-/m0/s1. The molecular weight excluding hydrogens is 412 g/mol. The fourth-order valence-corrected chi connectivity index (χ4v) is 5.31. The van der Waals surface area contributed by atoms with Crippen molar-refractivity contribution < 1.29 is 18.8 Å². The van der Waals surface area contributed by atoms with Crippen molar-refractivity contribution in [2.45, 2.75) is 46.5 Å². The first kappa shape index (κ1) is 21.3. The van der Waals surface area contributed by atoms with Crippen molar-refractivity contribution in [2.24, 2.45) is 5.92 Å². The minimum absolute atomic E-state index is 0.339. The molecule has 6 nitrogen and oxygen atoms in total. The van der Waals surface area contributed by atoms with Crippen LogP contribution < -0.4 is 5.32 Å². The molecular formula is C24H26N2O4S. The molecule has 1 amide bonds. The molecule has 0 bridgehead atoms. The van der Waals surface area contributed by atoms with E-state index >= 15 is 0 Å². The highest BCUT2D eigenvalue weighted by atomic mass is 32.1. The Morgan fingerprint density at radius 2 is 2.03 bits per heavy atom. The number of benzene rings is 1. The van der Waals surface area contributed by atoms with Gasteiger partial charge < -0.3 is 14.6 Å². The molecule has 2 heterocycles. The zero-order chi connectivity index (χ0) is 22.0. The summed E-state index contributed by atoms with van der Waals surface area (Å²) in [6.07, 6.45) is 3.50. The van der Waals surface area contributed by atoms with Crippen molar-refractivity contribution in [1.29, 1.82) is 0 Å². The number of ether oxygens (including phenoxy) is 1. The lowest BCUT2D eigenvalue weighted by atomic mass is 9.88. The van der Waals surface area contributed by atoms with Gasteiger partial charge in [-0.15, -0.1) is 11.3 Å². The van der Waals surface area contributed by atoms with Crippen LogP contribution in [-0.2, 0) is 17.6 Å². The molecule has 0 radical (unpaired) electrons. The van der Waals surface area contributed by atoms with Gasteiger partial charge in [-0.05, 0) is 44.1 Å². The smallest absolute Gasteiger partial charge is 0.341 e. The van der Waals surface area contributed by atoms with E-state index in [1.807, 2.05) is 37.3 Å². The van der Waals surface area contributed by atoms with Gasteiger partial charge in [0.25, 0.3) is 5.91 Å². The van der Waals surface area contributed by atoms with E-state index in [0.29, 0.717) is 40.1 Å². The molecule has 0 spiro atoms. The molecule has 4 rings (SSSR count). The van der Waals surface area contributed by atoms with E-state index in [0.717, 1.165) is 41.7 Å². The quantitative estimate of drug-likeness (QED) is 0.503. The number of carbonyl (C=O) groups excluding carboxylic acids is 2. The van der Waals surface area contributed by atoms with Gasteiger partial charge in [-0.1, -0.05) is 49.3 Å². The Morgan fingerprint density at radius 3 is 2.77 bits per heavy atom. The number of hydrogen-bond donors (Lipinski definition) is 1. The van der Waals surface area contributed by atoms with Crippen LogP contribution >= 0.6 is 11.3 Å². The number of nitrogens with zero attached hydrogens (tertiary/aromatic N) is 1. The van der Waals surface area contributed by atoms with Crippen molar-refractivity contribution in [2.75, 3.05) is 11.9 Å². The number of anilines is 1. The van der Waals surface area contributed by atoms with Crippen molar-refractivity contribution in [3.05, 3.63) is 57.7 Å². The second-order valence-corrected chi connectivity index (χ2v) is 9.08. The maximum atomic E-state index is 13.3. The highest BCUT2D eigenvalue weighted by Gasteiger charge is 2.30. The number of thiophene rings is 1. The SMILES string of the molecule is CCCOC(=O)c1c(NC(=O)c2c(-c3ccccc3)noc2C)sc2c1CC[C@H](C)C2. The van der Waals surface area contributed by atoms with E-state index in [1.54, 1.807) is 6.92 Å². The van der Waals surface area contributed by atoms with Crippen LogP contribution in [0.1, 0.15) is 63.6 Å². The van der Waals surface area contributed by atoms with Gasteiger partial charge in [0, 0.05) is 10.4 Å². The molecule has 0 saturated carbocycles. The van der Waals surface area contributed by atoms with Gasteiger partial charge in [0.15, 0.2) is 0 Å². The molecule has 162 valence electrons. The van der Waals surface area contributed by atoms with Crippen LogP contribution in [0.4, 0.5) is 5.00 Å². The monoisotopic (exact) mass is 438 g/mol. The summed E-state index contributed by atoms with van der Waals surface area (Å²) in [6, 6.07) is 9.44. The molecule has 0 unspecified atom stereocenters. The summed E-state index contributed by atoms with van der Waals surface area (Å²) >= 11 is 1.48. The number of hydrogen-bond acceptors (Lipinski definition) is 6. The molecule has 0 aliphatic heterocycles. The lowest BCUT2D eigenvalue weighted by Crippen LogP contribution is -2.17. The maximum absolute atomic E-state index is 13.3. The summed E-state index contributed by atoms with van der Waals surface area (Å²) in [5.74, 6) is 0.281. The van der Waals surface area contributed by atoms with Crippen molar-refractivity contribution in [3.63, 3.8) is 0 Å². The lowest BCUT2D eigenvalue weighted by Gasteiger charge is -2.18. The fraction of sp³-hybridized carbons (Fsp3) is 0.375. The highest BCUT2D eigenvalue weighted by molar-refractivity contribution is 7.17. The average molecular weight is 439 g/mol. The number of nitrogens with one attached hydrogen (secondary N) is 1. The molecule has 0 saturated heterocycles. The molecule has 1 atom stereocenters. The number of aryl methyl sites for hydroxylation is 1. The topological polar surface area (TPSA) is 81.4 Å². The molecule has 1 N–H and O–H groups in total. The van der Waals surface area contributed by atoms with Crippen LogP contribution in [0.25, 0.3) is 11.3 Å². The van der Waals surface area contributed by atoms with Crippen molar-refractivity contribution in [3.8, 4) is 11.3 Å². The van der Waals surface area contributed by atoms with Gasteiger partial charge >= 0.3 is 5.97 Å². The predicted octanol–water partition coefficient (Wildman–Crippen LogP) is 5.66. The van der Waals surface area contributed by atoms with Crippen LogP contribution in [0.15, 0.2) is 34.9 Å². The van der Waals surface area contributed by atoms with E-state index in [1.165, 1.54) is 11.3 Å². The minimum Gasteiger partial charge on any atom is -0.462 e. The van der Waals surface area contributed by atoms with E-state index < -0.39 is 0 Å². The summed E-state index contributed by atoms with van der Waals surface area (Å²) in [7, 11) is 0. The Kier molecular flexibility index (Phi) is 6.23. The second-order valence-electron chi connectivity index (χ2n) is 7.97. The third-order valence-electron chi connectivity index (χ3n) is 5.52. The summed E-state index contributed by atoms with van der Waals surface area (Å²) in [5, 5.41) is 7.62. The van der Waals surface area contributed by atoms with Crippen molar-refractivity contribution >= 4 is 28.2 Å². The summed E-state index contributed by atoms with van der Waals surface area (Å²) in [4.78, 5) is 27.3. The first-order valence-corrected chi connectivity index (χ1v) is 11.5. The molecule has 1 aliphatic rings. The van der Waals surface area contributed by atoms with Crippen LogP contribution in [-0.4, -0.2) is 23.6 Å². The van der Waals surface area contributed by atoms with Crippen LogP contribution in [0.5, 0.6) is 0 Å². The van der Waals surface area contributed by atoms with Crippen molar-refractivity contribution in [1.82, 2.24) is 5.16 Å². The third-order valence-corrected chi connectivity index (χ3v) is 6.69. The van der Waals surface area contributed by atoms with E-state index in [2.05, 4.69) is 17.4 Å². The van der Waals surface area contributed by atoms with Gasteiger partial charge in [-0.2, -0.15) is 0 Å². The van der Waals surface area contributed by atoms with Gasteiger partial charge in [0.05, 0.1) is 12.2 Å². The highest BCUT2D eigenvalue weighted by Crippen LogP contribution is 2.40. The number of carbonyl (C=O) groups is 2. The molecule has 1 aromatic carbocycles. The minimum atomic E-state index is -0.366. The zero-order valence-corrected chi connectivity index (χ0v) is 18.8. The predicted molar refractivity (Wildman–Crippen MR) is 121 cm³/mol. The Morgan fingerprint density at radius 1 is 1.26 bits per heavy atom. The Balaban J connectivity index is 1.69. The van der Waals surface area contributed by atoms with Crippen LogP contribution in [0, 0.1) is 12.8 Å². The molecule has 7 heteroatoms. The number of esters is 1. The Labute approximate surface area is 185 Å². The summed E-state index contributed by atoms with van der Waals surface area (Å²) < 4.78 is 10.8. The second kappa shape index (κ2) is 9.06. The van der Waals surface area contributed by atoms with E-state index in [-0.39, 0.29) is 11.9 Å². The average Bonchev–Trinajstić information content (AvgIpc) is 3.32. The number of fused-ring (bicyclic) bond motifs is 1. The third kappa shape index (κ3) is 4.28. The van der Waals surface area contributed by atoms with Gasteiger partial charge in [0.1, 0.15) is 22.0 Å². The normalized spacial score (nSPS) is 15.4. The molecule has 0 fully saturated rings. The number of amides is 1. The molecule has 3 aromatic rings. The fourth-order valence-electron chi connectivity index (χ4n) is 3.92. The summed E-state index contributed by atoms with van der Waals surface area (Å²) in [6.45, 7) is 6.24. The number of aromatic nitrogens is 1. The summed E-state index contributed by atoms with van der Waals surface area (Å²) in [5.41, 5.74) is 3.18. The molecule has 2 aromatic heterocycles. The van der Waals surface area contributed by atoms with Gasteiger partial charge in [-0.3, -0.25) is 4.79 Å². The molecule has 1 aliphatic carbocycles. The van der Waals surface area contributed by atoms with Crippen LogP contribution in [0.2, 0.25) is 0 Å². The first-order chi connectivity index (χ1) is 15.0. The lowest BCUT2D eigenvalue weighted by molar-refractivity contribution is 0.0505.